The Morgan fingerprint density at radius 3 is 0.954 bits per heavy atom. The third-order valence-electron chi connectivity index (χ3n) is 11.5. The van der Waals surface area contributed by atoms with Crippen molar-refractivity contribution in [2.24, 2.45) is 0 Å². The molecule has 9 rings (SSSR count). The summed E-state index contributed by atoms with van der Waals surface area (Å²) in [4.78, 5) is 104. The van der Waals surface area contributed by atoms with Gasteiger partial charge >= 0.3 is 0 Å². The van der Waals surface area contributed by atoms with E-state index in [4.69, 9.17) is 23.2 Å². The number of hydrogen-bond acceptors (Lipinski definition) is 11. The average Bonchev–Trinajstić information content (AvgIpc) is 4.15. The summed E-state index contributed by atoms with van der Waals surface area (Å²) in [6.45, 7) is 6.79. The summed E-state index contributed by atoms with van der Waals surface area (Å²) in [7, 11) is 0. The summed E-state index contributed by atoms with van der Waals surface area (Å²) in [6, 6.07) is 18.6. The molecule has 0 radical (unpaired) electrons. The van der Waals surface area contributed by atoms with Crippen molar-refractivity contribution in [2.45, 2.75) is 38.5 Å². The van der Waals surface area contributed by atoms with Gasteiger partial charge in [0, 0.05) is 67.3 Å². The van der Waals surface area contributed by atoms with Gasteiger partial charge in [-0.1, -0.05) is 0 Å². The Kier molecular flexibility index (Phi) is 15.7. The number of ketones is 4. The van der Waals surface area contributed by atoms with E-state index in [1.165, 1.54) is 62.3 Å². The molecule has 338 valence electrons. The molecule has 3 saturated heterocycles. The normalized spacial score (nSPS) is 16.2. The fraction of sp³-hybridized carbons (Fsp3) is 0.333. The van der Waals surface area contributed by atoms with Crippen molar-refractivity contribution >= 4 is 92.7 Å². The first-order valence-corrected chi connectivity index (χ1v) is 22.7. The van der Waals surface area contributed by atoms with Crippen LogP contribution in [0.5, 0.6) is 0 Å². The van der Waals surface area contributed by atoms with Gasteiger partial charge in [0.05, 0.1) is 13.1 Å². The number of benzene rings is 4. The molecule has 0 atom stereocenters. The van der Waals surface area contributed by atoms with Gasteiger partial charge in [-0.3, -0.25) is 48.2 Å². The number of alkyl halides is 2. The van der Waals surface area contributed by atoms with E-state index in [1.54, 1.807) is 36.4 Å². The highest BCUT2D eigenvalue weighted by Crippen LogP contribution is 2.33. The summed E-state index contributed by atoms with van der Waals surface area (Å²) >= 11 is 10.9. The second-order valence-electron chi connectivity index (χ2n) is 16.2. The minimum absolute atomic E-state index is 0.139. The van der Waals surface area contributed by atoms with Crippen molar-refractivity contribution in [3.05, 3.63) is 117 Å². The first-order chi connectivity index (χ1) is 31.4. The van der Waals surface area contributed by atoms with Gasteiger partial charge in [0.2, 0.25) is 23.6 Å². The van der Waals surface area contributed by atoms with E-state index >= 15 is 0 Å². The van der Waals surface area contributed by atoms with E-state index < -0.39 is 11.8 Å². The Morgan fingerprint density at radius 2 is 0.692 bits per heavy atom. The van der Waals surface area contributed by atoms with Crippen LogP contribution in [-0.4, -0.2) is 121 Å². The van der Waals surface area contributed by atoms with E-state index in [2.05, 4.69) is 36.4 Å². The van der Waals surface area contributed by atoms with Gasteiger partial charge in [-0.05, 0) is 151 Å². The Balaban J connectivity index is 0.000000180. The van der Waals surface area contributed by atoms with E-state index in [-0.39, 0.29) is 80.1 Å². The second kappa shape index (κ2) is 21.7. The molecule has 17 heteroatoms. The van der Waals surface area contributed by atoms with E-state index in [0.717, 1.165) is 51.9 Å². The molecule has 0 spiro atoms. The molecule has 4 aromatic carbocycles. The standard InChI is InChI=1S/C26H28N4O4.C18H12Cl2N2O4.C4H9N/c31-23(15-29-9-1-2-10-29)27-17-5-7-19-21(13-17)26(34)22-14-18(6-8-20(22)25(19)33)28-24(32)16-30-11-3-4-12-30;19-7-15(23)21-9-1-3-11-13(5-9)18(26)14-6-10(22-16(24)8-20)2-4-12(14)17(11)25;1-2-4-5-3-1/h5-8,13-14H,1-4,9-12,15-16H2,(H,27,31)(H,28,32);1-6H,7-8H2,(H,21,23)(H,22,24);5H,1-4H2. The van der Waals surface area contributed by atoms with Gasteiger partial charge in [-0.2, -0.15) is 0 Å². The Bertz CT molecular complexity index is 2380. The number of likely N-dealkylation sites (tertiary alicyclic amines) is 2. The first kappa shape index (κ1) is 46.9. The summed E-state index contributed by atoms with van der Waals surface area (Å²) in [5.41, 5.74) is 3.73. The van der Waals surface area contributed by atoms with Crippen molar-refractivity contribution in [3.63, 3.8) is 0 Å². The van der Waals surface area contributed by atoms with Crippen LogP contribution in [0.4, 0.5) is 22.7 Å². The molecule has 15 nitrogen and oxygen atoms in total. The lowest BCUT2D eigenvalue weighted by Crippen LogP contribution is -2.31. The van der Waals surface area contributed by atoms with Crippen molar-refractivity contribution in [1.29, 1.82) is 0 Å². The number of nitrogens with one attached hydrogen (secondary N) is 5. The minimum atomic E-state index is -0.423. The van der Waals surface area contributed by atoms with Gasteiger partial charge < -0.3 is 26.6 Å². The molecule has 3 heterocycles. The van der Waals surface area contributed by atoms with Crippen LogP contribution in [0.2, 0.25) is 0 Å². The van der Waals surface area contributed by atoms with Crippen LogP contribution in [0.1, 0.15) is 102 Å². The van der Waals surface area contributed by atoms with E-state index in [1.807, 2.05) is 0 Å². The average molecular weight is 923 g/mol. The molecule has 2 aliphatic carbocycles. The molecule has 3 fully saturated rings. The monoisotopic (exact) mass is 921 g/mol. The maximum atomic E-state index is 13.3. The number of rotatable bonds is 10. The zero-order valence-electron chi connectivity index (χ0n) is 35.7. The smallest absolute Gasteiger partial charge is 0.239 e. The van der Waals surface area contributed by atoms with Gasteiger partial charge in [0.15, 0.2) is 23.1 Å². The number of halogens is 2. The lowest BCUT2D eigenvalue weighted by Gasteiger charge is -2.20. The Hall–Kier alpha value is -6.10. The lowest BCUT2D eigenvalue weighted by molar-refractivity contribution is -0.117. The number of carbonyl (C=O) groups excluding carboxylic acids is 8. The van der Waals surface area contributed by atoms with Gasteiger partial charge in [0.1, 0.15) is 11.8 Å². The molecule has 65 heavy (non-hydrogen) atoms. The Labute approximate surface area is 386 Å². The van der Waals surface area contributed by atoms with Crippen molar-refractivity contribution in [3.8, 4) is 0 Å². The predicted octanol–water partition coefficient (Wildman–Crippen LogP) is 5.72. The van der Waals surface area contributed by atoms with Gasteiger partial charge in [-0.25, -0.2) is 0 Å². The molecule has 0 bridgehead atoms. The largest absolute Gasteiger partial charge is 0.325 e. The molecular formula is C48H49Cl2N7O8. The second-order valence-corrected chi connectivity index (χ2v) is 16.8. The third-order valence-corrected chi connectivity index (χ3v) is 12.0. The quantitative estimate of drug-likeness (QED) is 0.105. The molecule has 0 aromatic heterocycles. The molecule has 5 aliphatic rings. The number of hydrogen-bond donors (Lipinski definition) is 5. The van der Waals surface area contributed by atoms with Crippen LogP contribution in [0.15, 0.2) is 72.8 Å². The zero-order chi connectivity index (χ0) is 46.0. The SMILES string of the molecule is C1CCNC1.O=C(CCl)Nc1ccc2c(c1)C(=O)c1cc(NC(=O)CCl)ccc1C2=O.O=C(CN1CCCC1)Nc1ccc2c(c1)C(=O)c1cc(NC(=O)CN3CCCC3)ccc1C2=O. The summed E-state index contributed by atoms with van der Waals surface area (Å²) in [5.74, 6) is -2.80. The molecule has 0 unspecified atom stereocenters. The molecule has 3 aliphatic heterocycles. The summed E-state index contributed by atoms with van der Waals surface area (Å²) in [6.07, 6.45) is 7.18. The number of nitrogens with zero attached hydrogens (tertiary/aromatic N) is 2. The highest BCUT2D eigenvalue weighted by molar-refractivity contribution is 6.31. The molecule has 4 amide bonds. The maximum Gasteiger partial charge on any atom is 0.239 e. The molecule has 4 aromatic rings. The maximum absolute atomic E-state index is 13.3. The predicted molar refractivity (Wildman–Crippen MR) is 249 cm³/mol. The number of carbonyl (C=O) groups is 8. The fourth-order valence-electron chi connectivity index (χ4n) is 8.31. The number of amides is 4. The molecule has 0 saturated carbocycles. The lowest BCUT2D eigenvalue weighted by atomic mass is 9.83. The molecule has 5 N–H and O–H groups in total. The van der Waals surface area contributed by atoms with Crippen LogP contribution in [-0.2, 0) is 19.2 Å². The number of fused-ring (bicyclic) bond motifs is 4. The van der Waals surface area contributed by atoms with Crippen molar-refractivity contribution in [1.82, 2.24) is 15.1 Å². The topological polar surface area (TPSA) is 203 Å². The van der Waals surface area contributed by atoms with E-state index in [9.17, 15) is 38.4 Å². The first-order valence-electron chi connectivity index (χ1n) is 21.6. The van der Waals surface area contributed by atoms with Crippen LogP contribution >= 0.6 is 23.2 Å². The zero-order valence-corrected chi connectivity index (χ0v) is 37.2. The fourth-order valence-corrected chi connectivity index (χ4v) is 8.45. The third kappa shape index (κ3) is 11.6. The van der Waals surface area contributed by atoms with E-state index in [0.29, 0.717) is 47.0 Å². The summed E-state index contributed by atoms with van der Waals surface area (Å²) in [5, 5.41) is 14.0. The highest BCUT2D eigenvalue weighted by atomic mass is 35.5. The van der Waals surface area contributed by atoms with Crippen LogP contribution in [0, 0.1) is 0 Å². The van der Waals surface area contributed by atoms with Crippen LogP contribution in [0.3, 0.4) is 0 Å². The highest BCUT2D eigenvalue weighted by Gasteiger charge is 2.32. The Morgan fingerprint density at radius 1 is 0.415 bits per heavy atom. The van der Waals surface area contributed by atoms with Crippen LogP contribution < -0.4 is 26.6 Å². The van der Waals surface area contributed by atoms with Crippen molar-refractivity contribution in [2.75, 3.05) is 85.4 Å². The van der Waals surface area contributed by atoms with Crippen molar-refractivity contribution < 1.29 is 38.4 Å². The molecular weight excluding hydrogens is 873 g/mol. The van der Waals surface area contributed by atoms with Gasteiger partial charge in [-0.15, -0.1) is 23.2 Å². The number of anilines is 4. The summed E-state index contributed by atoms with van der Waals surface area (Å²) < 4.78 is 0. The minimum Gasteiger partial charge on any atom is -0.325 e. The van der Waals surface area contributed by atoms with Crippen LogP contribution in [0.25, 0.3) is 0 Å². The van der Waals surface area contributed by atoms with Gasteiger partial charge in [0.25, 0.3) is 0 Å².